The molecule has 0 aliphatic rings. The van der Waals surface area contributed by atoms with Crippen LogP contribution in [-0.4, -0.2) is 43.0 Å². The van der Waals surface area contributed by atoms with Crippen LogP contribution in [-0.2, 0) is 4.74 Å². The molecule has 14 heavy (non-hydrogen) atoms. The molecule has 0 fully saturated rings. The quantitative estimate of drug-likeness (QED) is 0.677. The summed E-state index contributed by atoms with van der Waals surface area (Å²) in [5, 5.41) is 1.73. The Kier molecular flexibility index (Phi) is 3.19. The average molecular weight is 214 g/mol. The SMILES string of the molecule is COC(=O)c1nc(C(=O)N(C)C)cs1. The Morgan fingerprint density at radius 1 is 1.50 bits per heavy atom. The van der Waals surface area contributed by atoms with E-state index in [4.69, 9.17) is 0 Å². The molecular formula is C8H10N2O3S. The topological polar surface area (TPSA) is 59.5 Å². The van der Waals surface area contributed by atoms with Crippen molar-refractivity contribution >= 4 is 23.2 Å². The van der Waals surface area contributed by atoms with E-state index >= 15 is 0 Å². The van der Waals surface area contributed by atoms with Crippen LogP contribution in [0.4, 0.5) is 0 Å². The number of carbonyl (C=O) groups is 2. The van der Waals surface area contributed by atoms with Crippen molar-refractivity contribution in [2.75, 3.05) is 21.2 Å². The van der Waals surface area contributed by atoms with E-state index in [0.717, 1.165) is 11.3 Å². The Labute approximate surface area is 85.3 Å². The summed E-state index contributed by atoms with van der Waals surface area (Å²) < 4.78 is 4.47. The molecular weight excluding hydrogens is 204 g/mol. The second-order valence-electron chi connectivity index (χ2n) is 2.73. The summed E-state index contributed by atoms with van der Waals surface area (Å²) >= 11 is 1.09. The smallest absolute Gasteiger partial charge is 0.367 e. The lowest BCUT2D eigenvalue weighted by molar-refractivity contribution is 0.0600. The maximum atomic E-state index is 11.4. The summed E-state index contributed by atoms with van der Waals surface area (Å²) in [4.78, 5) is 27.7. The summed E-state index contributed by atoms with van der Waals surface area (Å²) in [6, 6.07) is 0. The van der Waals surface area contributed by atoms with Crippen molar-refractivity contribution in [3.05, 3.63) is 16.1 Å². The molecule has 5 nitrogen and oxygen atoms in total. The van der Waals surface area contributed by atoms with Crippen LogP contribution in [0.15, 0.2) is 5.38 Å². The Morgan fingerprint density at radius 3 is 2.64 bits per heavy atom. The minimum absolute atomic E-state index is 0.192. The molecule has 6 heteroatoms. The van der Waals surface area contributed by atoms with Gasteiger partial charge < -0.3 is 9.64 Å². The fourth-order valence-electron chi connectivity index (χ4n) is 0.782. The number of esters is 1. The van der Waals surface area contributed by atoms with E-state index in [1.165, 1.54) is 17.4 Å². The molecule has 76 valence electrons. The van der Waals surface area contributed by atoms with Gasteiger partial charge >= 0.3 is 5.97 Å². The standard InChI is InChI=1S/C8H10N2O3S/c1-10(2)7(11)5-4-14-6(9-5)8(12)13-3/h4H,1-3H3. The third-order valence-electron chi connectivity index (χ3n) is 1.49. The number of amides is 1. The Morgan fingerprint density at radius 2 is 2.14 bits per heavy atom. The highest BCUT2D eigenvalue weighted by Gasteiger charge is 2.16. The molecule has 0 N–H and O–H groups in total. The molecule has 0 aromatic carbocycles. The van der Waals surface area contributed by atoms with E-state index in [-0.39, 0.29) is 16.6 Å². The monoisotopic (exact) mass is 214 g/mol. The molecule has 0 atom stereocenters. The zero-order valence-electron chi connectivity index (χ0n) is 8.10. The molecule has 1 aromatic rings. The molecule has 1 amide bonds. The van der Waals surface area contributed by atoms with Crippen molar-refractivity contribution in [2.24, 2.45) is 0 Å². The van der Waals surface area contributed by atoms with E-state index in [9.17, 15) is 9.59 Å². The average Bonchev–Trinajstić information content (AvgIpc) is 2.64. The van der Waals surface area contributed by atoms with E-state index < -0.39 is 5.97 Å². The first kappa shape index (κ1) is 10.6. The Hall–Kier alpha value is -1.43. The third-order valence-corrected chi connectivity index (χ3v) is 2.31. The minimum atomic E-state index is -0.521. The summed E-state index contributed by atoms with van der Waals surface area (Å²) in [5.41, 5.74) is 0.264. The van der Waals surface area contributed by atoms with Crippen LogP contribution in [0.2, 0.25) is 0 Å². The molecule has 1 rings (SSSR count). The molecule has 0 aliphatic heterocycles. The zero-order chi connectivity index (χ0) is 10.7. The highest BCUT2D eigenvalue weighted by atomic mass is 32.1. The van der Waals surface area contributed by atoms with Crippen molar-refractivity contribution in [1.29, 1.82) is 0 Å². The summed E-state index contributed by atoms with van der Waals surface area (Å²) in [6.45, 7) is 0. The minimum Gasteiger partial charge on any atom is -0.464 e. The number of nitrogens with zero attached hydrogens (tertiary/aromatic N) is 2. The van der Waals surface area contributed by atoms with Gasteiger partial charge in [-0.3, -0.25) is 4.79 Å². The second kappa shape index (κ2) is 4.19. The van der Waals surface area contributed by atoms with Gasteiger partial charge in [0.2, 0.25) is 5.01 Å². The summed E-state index contributed by atoms with van der Waals surface area (Å²) in [6.07, 6.45) is 0. The molecule has 0 saturated heterocycles. The van der Waals surface area contributed by atoms with Crippen LogP contribution in [0, 0.1) is 0 Å². The number of ether oxygens (including phenoxy) is 1. The van der Waals surface area contributed by atoms with Gasteiger partial charge in [-0.25, -0.2) is 9.78 Å². The normalized spacial score (nSPS) is 9.64. The first-order valence-corrected chi connectivity index (χ1v) is 4.69. The van der Waals surface area contributed by atoms with Crippen molar-refractivity contribution in [3.63, 3.8) is 0 Å². The van der Waals surface area contributed by atoms with Crippen molar-refractivity contribution in [2.45, 2.75) is 0 Å². The number of hydrogen-bond donors (Lipinski definition) is 0. The molecule has 0 bridgehead atoms. The van der Waals surface area contributed by atoms with Gasteiger partial charge in [0.25, 0.3) is 5.91 Å². The number of hydrogen-bond acceptors (Lipinski definition) is 5. The van der Waals surface area contributed by atoms with Gasteiger partial charge in [0.15, 0.2) is 0 Å². The lowest BCUT2D eigenvalue weighted by Crippen LogP contribution is -2.22. The van der Waals surface area contributed by atoms with E-state index in [0.29, 0.717) is 0 Å². The number of methoxy groups -OCH3 is 1. The number of rotatable bonds is 2. The first-order chi connectivity index (χ1) is 6.56. The Balaban J connectivity index is 2.88. The van der Waals surface area contributed by atoms with E-state index in [2.05, 4.69) is 9.72 Å². The molecule has 0 unspecified atom stereocenters. The Bertz CT molecular complexity index is 359. The largest absolute Gasteiger partial charge is 0.464 e. The molecule has 0 saturated carbocycles. The lowest BCUT2D eigenvalue weighted by Gasteiger charge is -2.06. The zero-order valence-corrected chi connectivity index (χ0v) is 8.92. The van der Waals surface area contributed by atoms with Crippen LogP contribution in [0.3, 0.4) is 0 Å². The molecule has 0 radical (unpaired) electrons. The molecule has 1 heterocycles. The summed E-state index contributed by atoms with van der Waals surface area (Å²) in [7, 11) is 4.52. The number of thiazole rings is 1. The lowest BCUT2D eigenvalue weighted by atomic mass is 10.4. The maximum Gasteiger partial charge on any atom is 0.367 e. The van der Waals surface area contributed by atoms with Crippen LogP contribution in [0.1, 0.15) is 20.3 Å². The van der Waals surface area contributed by atoms with Gasteiger partial charge in [-0.1, -0.05) is 0 Å². The van der Waals surface area contributed by atoms with E-state index in [1.54, 1.807) is 14.1 Å². The maximum absolute atomic E-state index is 11.4. The van der Waals surface area contributed by atoms with Gasteiger partial charge in [0.1, 0.15) is 5.69 Å². The van der Waals surface area contributed by atoms with Gasteiger partial charge in [0.05, 0.1) is 7.11 Å². The first-order valence-electron chi connectivity index (χ1n) is 3.81. The van der Waals surface area contributed by atoms with Crippen LogP contribution >= 0.6 is 11.3 Å². The second-order valence-corrected chi connectivity index (χ2v) is 3.59. The molecule has 1 aromatic heterocycles. The van der Waals surface area contributed by atoms with Crippen molar-refractivity contribution in [3.8, 4) is 0 Å². The fraction of sp³-hybridized carbons (Fsp3) is 0.375. The number of aromatic nitrogens is 1. The van der Waals surface area contributed by atoms with Crippen molar-refractivity contribution < 1.29 is 14.3 Å². The van der Waals surface area contributed by atoms with Crippen LogP contribution in [0.5, 0.6) is 0 Å². The van der Waals surface area contributed by atoms with Gasteiger partial charge in [-0.05, 0) is 0 Å². The highest BCUT2D eigenvalue weighted by Crippen LogP contribution is 2.11. The predicted molar refractivity (Wildman–Crippen MR) is 51.5 cm³/mol. The van der Waals surface area contributed by atoms with Gasteiger partial charge in [0, 0.05) is 19.5 Å². The summed E-state index contributed by atoms with van der Waals surface area (Å²) in [5.74, 6) is -0.746. The van der Waals surface area contributed by atoms with Crippen LogP contribution < -0.4 is 0 Å². The fourth-order valence-corrected chi connectivity index (χ4v) is 1.49. The molecule has 0 spiro atoms. The van der Waals surface area contributed by atoms with Crippen LogP contribution in [0.25, 0.3) is 0 Å². The van der Waals surface area contributed by atoms with Crippen molar-refractivity contribution in [1.82, 2.24) is 9.88 Å². The molecule has 0 aliphatic carbocycles. The number of carbonyl (C=O) groups excluding carboxylic acids is 2. The van der Waals surface area contributed by atoms with Gasteiger partial charge in [-0.15, -0.1) is 11.3 Å². The highest BCUT2D eigenvalue weighted by molar-refractivity contribution is 7.11. The third kappa shape index (κ3) is 2.08. The predicted octanol–water partition coefficient (Wildman–Crippen LogP) is 0.632. The van der Waals surface area contributed by atoms with Gasteiger partial charge in [-0.2, -0.15) is 0 Å². The van der Waals surface area contributed by atoms with E-state index in [1.807, 2.05) is 0 Å².